The standard InChI is InChI=1S/C13H18ClN3/c14-8-13(15)17-12-5-3-10(4-6-12)11-2-1-7-16-9-11/h3-6,11,16H,1-2,7-9H2,(H2,15,17). The molecule has 3 N–H and O–H groups in total. The molecule has 17 heavy (non-hydrogen) atoms. The minimum Gasteiger partial charge on any atom is -0.386 e. The van der Waals surface area contributed by atoms with E-state index in [2.05, 4.69) is 22.4 Å². The molecular weight excluding hydrogens is 234 g/mol. The molecule has 4 heteroatoms. The summed E-state index contributed by atoms with van der Waals surface area (Å²) >= 11 is 5.59. The molecular formula is C13H18ClN3. The SMILES string of the molecule is NC(CCl)=Nc1ccc(C2CCCNC2)cc1. The molecule has 1 aromatic rings. The monoisotopic (exact) mass is 251 g/mol. The van der Waals surface area contributed by atoms with Crippen molar-refractivity contribution in [3.8, 4) is 0 Å². The first kappa shape index (κ1) is 12.4. The van der Waals surface area contributed by atoms with E-state index in [0.717, 1.165) is 18.8 Å². The minimum atomic E-state index is 0.272. The smallest absolute Gasteiger partial charge is 0.115 e. The van der Waals surface area contributed by atoms with E-state index in [1.54, 1.807) is 0 Å². The van der Waals surface area contributed by atoms with Crippen molar-refractivity contribution >= 4 is 23.1 Å². The van der Waals surface area contributed by atoms with Crippen LogP contribution in [-0.4, -0.2) is 24.8 Å². The molecule has 0 saturated carbocycles. The van der Waals surface area contributed by atoms with Gasteiger partial charge in [-0.2, -0.15) is 0 Å². The molecule has 0 radical (unpaired) electrons. The van der Waals surface area contributed by atoms with Crippen LogP contribution >= 0.6 is 11.6 Å². The maximum Gasteiger partial charge on any atom is 0.115 e. The van der Waals surface area contributed by atoms with E-state index >= 15 is 0 Å². The van der Waals surface area contributed by atoms with Crippen LogP contribution in [0.3, 0.4) is 0 Å². The number of nitrogens with two attached hydrogens (primary N) is 1. The van der Waals surface area contributed by atoms with Gasteiger partial charge in [-0.05, 0) is 43.0 Å². The summed E-state index contributed by atoms with van der Waals surface area (Å²) in [6.45, 7) is 2.22. The van der Waals surface area contributed by atoms with Crippen molar-refractivity contribution in [3.05, 3.63) is 29.8 Å². The highest BCUT2D eigenvalue weighted by atomic mass is 35.5. The summed E-state index contributed by atoms with van der Waals surface area (Å²) in [4.78, 5) is 4.21. The van der Waals surface area contributed by atoms with E-state index in [4.69, 9.17) is 17.3 Å². The Morgan fingerprint density at radius 2 is 2.18 bits per heavy atom. The van der Waals surface area contributed by atoms with Crippen LogP contribution in [0.25, 0.3) is 0 Å². The fourth-order valence-corrected chi connectivity index (χ4v) is 2.21. The van der Waals surface area contributed by atoms with E-state index in [-0.39, 0.29) is 5.88 Å². The van der Waals surface area contributed by atoms with Crippen LogP contribution in [-0.2, 0) is 0 Å². The van der Waals surface area contributed by atoms with Gasteiger partial charge >= 0.3 is 0 Å². The highest BCUT2D eigenvalue weighted by Gasteiger charge is 2.14. The fourth-order valence-electron chi connectivity index (χ4n) is 2.15. The van der Waals surface area contributed by atoms with Crippen molar-refractivity contribution in [2.24, 2.45) is 10.7 Å². The van der Waals surface area contributed by atoms with Crippen molar-refractivity contribution in [1.82, 2.24) is 5.32 Å². The summed E-state index contributed by atoms with van der Waals surface area (Å²) in [5.41, 5.74) is 7.84. The summed E-state index contributed by atoms with van der Waals surface area (Å²) in [5, 5.41) is 3.42. The third-order valence-electron chi connectivity index (χ3n) is 3.07. The molecule has 3 nitrogen and oxygen atoms in total. The van der Waals surface area contributed by atoms with Crippen LogP contribution in [0, 0.1) is 0 Å². The largest absolute Gasteiger partial charge is 0.386 e. The van der Waals surface area contributed by atoms with Gasteiger partial charge in [0.2, 0.25) is 0 Å². The summed E-state index contributed by atoms with van der Waals surface area (Å²) in [5.74, 6) is 1.36. The second-order valence-corrected chi connectivity index (χ2v) is 4.64. The van der Waals surface area contributed by atoms with Crippen LogP contribution in [0.4, 0.5) is 5.69 Å². The molecule has 1 heterocycles. The summed E-state index contributed by atoms with van der Waals surface area (Å²) in [6.07, 6.45) is 2.52. The van der Waals surface area contributed by atoms with Crippen molar-refractivity contribution in [2.45, 2.75) is 18.8 Å². The molecule has 1 fully saturated rings. The average Bonchev–Trinajstić information content (AvgIpc) is 2.40. The van der Waals surface area contributed by atoms with E-state index in [9.17, 15) is 0 Å². The van der Waals surface area contributed by atoms with Crippen LogP contribution in [0.5, 0.6) is 0 Å². The Morgan fingerprint density at radius 1 is 1.41 bits per heavy atom. The maximum absolute atomic E-state index is 5.59. The topological polar surface area (TPSA) is 50.4 Å². The first-order valence-electron chi connectivity index (χ1n) is 5.99. The molecule has 1 atom stereocenters. The molecule has 0 aliphatic carbocycles. The average molecular weight is 252 g/mol. The van der Waals surface area contributed by atoms with E-state index in [1.807, 2.05) is 12.1 Å². The minimum absolute atomic E-state index is 0.272. The lowest BCUT2D eigenvalue weighted by atomic mass is 9.92. The molecule has 0 aromatic heterocycles. The lowest BCUT2D eigenvalue weighted by molar-refractivity contribution is 0.461. The second kappa shape index (κ2) is 6.03. The number of aliphatic imine (C=N–C) groups is 1. The summed E-state index contributed by atoms with van der Waals surface area (Å²) < 4.78 is 0. The number of benzene rings is 1. The van der Waals surface area contributed by atoms with Crippen LogP contribution < -0.4 is 11.1 Å². The zero-order valence-corrected chi connectivity index (χ0v) is 10.6. The van der Waals surface area contributed by atoms with Crippen molar-refractivity contribution in [3.63, 3.8) is 0 Å². The van der Waals surface area contributed by atoms with Crippen molar-refractivity contribution in [2.75, 3.05) is 19.0 Å². The molecule has 1 aliphatic heterocycles. The van der Waals surface area contributed by atoms with E-state index in [0.29, 0.717) is 11.8 Å². The van der Waals surface area contributed by atoms with Crippen LogP contribution in [0.1, 0.15) is 24.3 Å². The van der Waals surface area contributed by atoms with Gasteiger partial charge in [0.25, 0.3) is 0 Å². The second-order valence-electron chi connectivity index (χ2n) is 4.37. The summed E-state index contributed by atoms with van der Waals surface area (Å²) in [7, 11) is 0. The molecule has 0 spiro atoms. The first-order chi connectivity index (χ1) is 8.29. The Hall–Kier alpha value is -1.06. The molecule has 1 aliphatic rings. The van der Waals surface area contributed by atoms with Gasteiger partial charge in [-0.3, -0.25) is 0 Å². The molecule has 92 valence electrons. The molecule has 0 amide bonds. The number of halogens is 1. The Bertz CT molecular complexity index is 380. The number of hydrogen-bond donors (Lipinski definition) is 2. The van der Waals surface area contributed by atoms with E-state index in [1.165, 1.54) is 18.4 Å². The lowest BCUT2D eigenvalue weighted by Crippen LogP contribution is -2.28. The zero-order valence-electron chi connectivity index (χ0n) is 9.82. The van der Waals surface area contributed by atoms with Crippen LogP contribution in [0.15, 0.2) is 29.3 Å². The Kier molecular flexibility index (Phi) is 4.40. The van der Waals surface area contributed by atoms with Gasteiger partial charge in [0.15, 0.2) is 0 Å². The zero-order chi connectivity index (χ0) is 12.1. The van der Waals surface area contributed by atoms with Gasteiger partial charge < -0.3 is 11.1 Å². The Balaban J connectivity index is 2.07. The molecule has 0 bridgehead atoms. The fraction of sp³-hybridized carbons (Fsp3) is 0.462. The number of alkyl halides is 1. The van der Waals surface area contributed by atoms with Gasteiger partial charge in [-0.15, -0.1) is 11.6 Å². The van der Waals surface area contributed by atoms with Crippen molar-refractivity contribution in [1.29, 1.82) is 0 Å². The highest BCUT2D eigenvalue weighted by molar-refractivity contribution is 6.28. The highest BCUT2D eigenvalue weighted by Crippen LogP contribution is 2.25. The first-order valence-corrected chi connectivity index (χ1v) is 6.52. The number of nitrogens with zero attached hydrogens (tertiary/aromatic N) is 1. The predicted molar refractivity (Wildman–Crippen MR) is 73.3 cm³/mol. The lowest BCUT2D eigenvalue weighted by Gasteiger charge is -2.23. The summed E-state index contributed by atoms with van der Waals surface area (Å²) in [6, 6.07) is 8.28. The molecule has 1 unspecified atom stereocenters. The van der Waals surface area contributed by atoms with Gasteiger partial charge in [-0.25, -0.2) is 4.99 Å². The number of rotatable bonds is 3. The maximum atomic E-state index is 5.59. The Labute approximate surface area is 107 Å². The van der Waals surface area contributed by atoms with Gasteiger partial charge in [0.1, 0.15) is 5.84 Å². The molecule has 1 saturated heterocycles. The van der Waals surface area contributed by atoms with Gasteiger partial charge in [0, 0.05) is 6.54 Å². The number of piperidine rings is 1. The van der Waals surface area contributed by atoms with E-state index < -0.39 is 0 Å². The normalized spacial score (nSPS) is 21.5. The molecule has 1 aromatic carbocycles. The van der Waals surface area contributed by atoms with Crippen LogP contribution in [0.2, 0.25) is 0 Å². The quantitative estimate of drug-likeness (QED) is 0.492. The third-order valence-corrected chi connectivity index (χ3v) is 3.34. The Morgan fingerprint density at radius 3 is 2.76 bits per heavy atom. The van der Waals surface area contributed by atoms with Gasteiger partial charge in [0.05, 0.1) is 11.6 Å². The van der Waals surface area contributed by atoms with Gasteiger partial charge in [-0.1, -0.05) is 12.1 Å². The third kappa shape index (κ3) is 3.45. The predicted octanol–water partition coefficient (Wildman–Crippen LogP) is 2.38. The number of amidine groups is 1. The van der Waals surface area contributed by atoms with Crippen molar-refractivity contribution < 1.29 is 0 Å². The molecule has 2 rings (SSSR count). The number of hydrogen-bond acceptors (Lipinski definition) is 2. The number of nitrogens with one attached hydrogen (secondary N) is 1.